The van der Waals surface area contributed by atoms with E-state index >= 15 is 0 Å². The molecule has 2 atom stereocenters. The molecule has 1 aliphatic heterocycles. The summed E-state index contributed by atoms with van der Waals surface area (Å²) in [6.45, 7) is 7.31. The van der Waals surface area contributed by atoms with Crippen molar-refractivity contribution in [2.24, 2.45) is 5.92 Å². The highest BCUT2D eigenvalue weighted by Crippen LogP contribution is 2.29. The van der Waals surface area contributed by atoms with E-state index in [0.29, 0.717) is 12.8 Å². The second-order valence-electron chi connectivity index (χ2n) is 6.66. The molecular weight excluding hydrogens is 266 g/mol. The third-order valence-corrected chi connectivity index (χ3v) is 3.57. The number of hydrogen-bond acceptors (Lipinski definition) is 3. The zero-order chi connectivity index (χ0) is 15.6. The number of likely N-dealkylation sites (tertiary alicyclic amines) is 1. The van der Waals surface area contributed by atoms with E-state index in [2.05, 4.69) is 0 Å². The van der Waals surface area contributed by atoms with Gasteiger partial charge in [0.25, 0.3) is 0 Å². The summed E-state index contributed by atoms with van der Waals surface area (Å²) in [5.74, 6) is -0.268. The second-order valence-corrected chi connectivity index (χ2v) is 6.66. The summed E-state index contributed by atoms with van der Waals surface area (Å²) in [5.41, 5.74) is 0.531. The maximum atomic E-state index is 12.5. The van der Waals surface area contributed by atoms with E-state index in [1.54, 1.807) is 20.8 Å². The van der Waals surface area contributed by atoms with Crippen molar-refractivity contribution in [1.29, 1.82) is 0 Å². The van der Waals surface area contributed by atoms with Crippen LogP contribution in [-0.4, -0.2) is 28.5 Å². The van der Waals surface area contributed by atoms with Crippen molar-refractivity contribution in [3.63, 3.8) is 0 Å². The van der Waals surface area contributed by atoms with Crippen molar-refractivity contribution in [3.8, 4) is 0 Å². The molecule has 4 nitrogen and oxygen atoms in total. The Labute approximate surface area is 126 Å². The molecular formula is C17H23NO3. The maximum absolute atomic E-state index is 12.5. The van der Waals surface area contributed by atoms with E-state index in [0.717, 1.165) is 5.56 Å². The van der Waals surface area contributed by atoms with E-state index in [-0.39, 0.29) is 17.9 Å². The number of carbonyl (C=O) groups excluding carboxylic acids is 2. The summed E-state index contributed by atoms with van der Waals surface area (Å²) in [5, 5.41) is 0. The predicted molar refractivity (Wildman–Crippen MR) is 80.8 cm³/mol. The average Bonchev–Trinajstić information content (AvgIpc) is 2.63. The summed E-state index contributed by atoms with van der Waals surface area (Å²) in [6.07, 6.45) is 0.826. The fraction of sp³-hybridized carbons (Fsp3) is 0.529. The lowest BCUT2D eigenvalue weighted by molar-refractivity contribution is -0.131. The third-order valence-electron chi connectivity index (χ3n) is 3.57. The smallest absolute Gasteiger partial charge is 0.417 e. The molecule has 1 heterocycles. The first-order valence-corrected chi connectivity index (χ1v) is 7.38. The number of benzene rings is 1. The van der Waals surface area contributed by atoms with Crippen molar-refractivity contribution in [2.45, 2.75) is 52.2 Å². The summed E-state index contributed by atoms with van der Waals surface area (Å²) >= 11 is 0. The third kappa shape index (κ3) is 3.84. The molecule has 0 spiro atoms. The molecule has 0 aromatic heterocycles. The van der Waals surface area contributed by atoms with E-state index in [1.165, 1.54) is 4.90 Å². The second kappa shape index (κ2) is 5.88. The van der Waals surface area contributed by atoms with Gasteiger partial charge in [-0.2, -0.15) is 0 Å². The van der Waals surface area contributed by atoms with Crippen LogP contribution < -0.4 is 0 Å². The first-order valence-electron chi connectivity index (χ1n) is 7.38. The molecule has 4 heteroatoms. The highest BCUT2D eigenvalue weighted by molar-refractivity contribution is 5.95. The highest BCUT2D eigenvalue weighted by atomic mass is 16.6. The molecule has 1 aliphatic rings. The molecule has 21 heavy (non-hydrogen) atoms. The zero-order valence-electron chi connectivity index (χ0n) is 13.1. The quantitative estimate of drug-likeness (QED) is 0.838. The van der Waals surface area contributed by atoms with Crippen LogP contribution in [0.4, 0.5) is 4.79 Å². The van der Waals surface area contributed by atoms with E-state index in [4.69, 9.17) is 4.74 Å². The molecule has 0 saturated carbocycles. The van der Waals surface area contributed by atoms with Gasteiger partial charge in [-0.25, -0.2) is 9.69 Å². The Morgan fingerprint density at radius 1 is 1.29 bits per heavy atom. The van der Waals surface area contributed by atoms with Crippen molar-refractivity contribution in [1.82, 2.24) is 4.90 Å². The van der Waals surface area contributed by atoms with Crippen LogP contribution in [0.2, 0.25) is 0 Å². The topological polar surface area (TPSA) is 46.6 Å². The summed E-state index contributed by atoms with van der Waals surface area (Å²) in [7, 11) is 0. The number of amides is 2. The maximum Gasteiger partial charge on any atom is 0.417 e. The van der Waals surface area contributed by atoms with Crippen molar-refractivity contribution < 1.29 is 14.3 Å². The van der Waals surface area contributed by atoms with Gasteiger partial charge in [0.15, 0.2) is 0 Å². The van der Waals surface area contributed by atoms with Gasteiger partial charge in [-0.05, 0) is 46.1 Å². The zero-order valence-corrected chi connectivity index (χ0v) is 13.1. The molecule has 0 N–H and O–H groups in total. The minimum Gasteiger partial charge on any atom is -0.443 e. The van der Waals surface area contributed by atoms with Crippen LogP contribution in [0.3, 0.4) is 0 Å². The molecule has 0 aliphatic carbocycles. The molecule has 0 bridgehead atoms. The Morgan fingerprint density at radius 3 is 2.48 bits per heavy atom. The first-order chi connectivity index (χ1) is 9.78. The van der Waals surface area contributed by atoms with E-state index in [9.17, 15) is 9.59 Å². The van der Waals surface area contributed by atoms with Crippen LogP contribution in [0, 0.1) is 5.92 Å². The van der Waals surface area contributed by atoms with Crippen LogP contribution in [0.5, 0.6) is 0 Å². The van der Waals surface area contributed by atoms with Gasteiger partial charge in [0.2, 0.25) is 5.91 Å². The lowest BCUT2D eigenvalue weighted by atomic mass is 9.97. The van der Waals surface area contributed by atoms with Gasteiger partial charge in [-0.3, -0.25) is 4.79 Å². The normalized spacial score (nSPS) is 22.5. The van der Waals surface area contributed by atoms with Gasteiger partial charge < -0.3 is 4.74 Å². The molecule has 1 fully saturated rings. The number of imide groups is 1. The number of carbonyl (C=O) groups is 2. The lowest BCUT2D eigenvalue weighted by Gasteiger charge is -2.25. The largest absolute Gasteiger partial charge is 0.443 e. The van der Waals surface area contributed by atoms with Gasteiger partial charge in [0, 0.05) is 12.0 Å². The van der Waals surface area contributed by atoms with E-state index < -0.39 is 11.7 Å². The Kier molecular flexibility index (Phi) is 4.35. The Balaban J connectivity index is 2.06. The number of nitrogens with zero attached hydrogens (tertiary/aromatic N) is 1. The van der Waals surface area contributed by atoms with Crippen LogP contribution in [0.25, 0.3) is 0 Å². The molecule has 0 radical (unpaired) electrons. The number of hydrogen-bond donors (Lipinski definition) is 0. The van der Waals surface area contributed by atoms with Gasteiger partial charge in [0.1, 0.15) is 5.60 Å². The standard InChI is InChI=1S/C17H23NO3/c1-12-10-14(11-13-8-6-5-7-9-13)15(19)18(12)16(20)21-17(2,3)4/h5-9,12,14H,10-11H2,1-4H3/t12-,14+/m1/s1. The van der Waals surface area contributed by atoms with Gasteiger partial charge in [-0.15, -0.1) is 0 Å². The number of rotatable bonds is 2. The molecule has 1 saturated heterocycles. The van der Waals surface area contributed by atoms with Crippen LogP contribution in [0.15, 0.2) is 30.3 Å². The average molecular weight is 289 g/mol. The Bertz CT molecular complexity index is 519. The minimum atomic E-state index is -0.589. The van der Waals surface area contributed by atoms with Crippen LogP contribution in [0.1, 0.15) is 39.7 Å². The Morgan fingerprint density at radius 2 is 1.90 bits per heavy atom. The predicted octanol–water partition coefficient (Wildman–Crippen LogP) is 3.40. The lowest BCUT2D eigenvalue weighted by Crippen LogP contribution is -2.41. The summed E-state index contributed by atoms with van der Waals surface area (Å²) < 4.78 is 5.33. The molecule has 1 aromatic carbocycles. The molecule has 114 valence electrons. The van der Waals surface area contributed by atoms with E-state index in [1.807, 2.05) is 37.3 Å². The monoisotopic (exact) mass is 289 g/mol. The van der Waals surface area contributed by atoms with Crippen molar-refractivity contribution >= 4 is 12.0 Å². The molecule has 1 aromatic rings. The van der Waals surface area contributed by atoms with Crippen molar-refractivity contribution in [2.75, 3.05) is 0 Å². The van der Waals surface area contributed by atoms with Crippen LogP contribution >= 0.6 is 0 Å². The fourth-order valence-corrected chi connectivity index (χ4v) is 2.68. The Hall–Kier alpha value is -1.84. The summed E-state index contributed by atoms with van der Waals surface area (Å²) in [4.78, 5) is 25.9. The first kappa shape index (κ1) is 15.5. The van der Waals surface area contributed by atoms with Gasteiger partial charge in [-0.1, -0.05) is 30.3 Å². The fourth-order valence-electron chi connectivity index (χ4n) is 2.68. The minimum absolute atomic E-state index is 0.110. The van der Waals surface area contributed by atoms with Crippen LogP contribution in [-0.2, 0) is 16.0 Å². The van der Waals surface area contributed by atoms with Gasteiger partial charge >= 0.3 is 6.09 Å². The van der Waals surface area contributed by atoms with Crippen molar-refractivity contribution in [3.05, 3.63) is 35.9 Å². The molecule has 0 unspecified atom stereocenters. The highest BCUT2D eigenvalue weighted by Gasteiger charge is 2.42. The summed E-state index contributed by atoms with van der Waals surface area (Å²) in [6, 6.07) is 9.78. The van der Waals surface area contributed by atoms with Gasteiger partial charge in [0.05, 0.1) is 0 Å². The number of ether oxygens (including phenoxy) is 1. The molecule has 2 rings (SSSR count). The molecule has 2 amide bonds. The SMILES string of the molecule is C[C@@H]1C[C@@H](Cc2ccccc2)C(=O)N1C(=O)OC(C)(C)C.